The summed E-state index contributed by atoms with van der Waals surface area (Å²) in [5.41, 5.74) is 1.12. The summed E-state index contributed by atoms with van der Waals surface area (Å²) in [6.07, 6.45) is 0.977. The highest BCUT2D eigenvalue weighted by Gasteiger charge is 2.28. The van der Waals surface area contributed by atoms with Gasteiger partial charge in [-0.15, -0.1) is 22.7 Å². The molecule has 0 saturated carbocycles. The topological polar surface area (TPSA) is 61.8 Å². The number of rotatable bonds is 8. The number of nitrogens with one attached hydrogen (secondary N) is 2. The first-order valence-corrected chi connectivity index (χ1v) is 12.0. The molecule has 0 bridgehead atoms. The molecule has 2 aromatic heterocycles. The van der Waals surface area contributed by atoms with Crippen LogP contribution in [0.1, 0.15) is 30.7 Å². The fourth-order valence-electron chi connectivity index (χ4n) is 3.31. The Morgan fingerprint density at radius 1 is 1.28 bits per heavy atom. The van der Waals surface area contributed by atoms with Gasteiger partial charge < -0.3 is 15.4 Å². The summed E-state index contributed by atoms with van der Waals surface area (Å²) in [4.78, 5) is 14.5. The number of aliphatic imine (C=N–C) groups is 1. The monoisotopic (exact) mass is 435 g/mol. The molecule has 1 fully saturated rings. The van der Waals surface area contributed by atoms with E-state index in [9.17, 15) is 0 Å². The molecule has 3 rings (SSSR count). The highest BCUT2D eigenvalue weighted by Crippen LogP contribution is 2.29. The van der Waals surface area contributed by atoms with Crippen molar-refractivity contribution < 1.29 is 4.74 Å². The summed E-state index contributed by atoms with van der Waals surface area (Å²) in [6, 6.07) is 4.39. The molecular weight excluding hydrogens is 402 g/mol. The van der Waals surface area contributed by atoms with Crippen molar-refractivity contribution in [3.63, 3.8) is 0 Å². The SMILES string of the molecule is CCNC(=NCC(C)(C)N1CCOCC1)NCCc1ccc(-c2csc(C)n2)s1. The Balaban J connectivity index is 1.51. The maximum Gasteiger partial charge on any atom is 0.191 e. The minimum absolute atomic E-state index is 0.0282. The second-order valence-electron chi connectivity index (χ2n) is 7.80. The number of hydrogen-bond acceptors (Lipinski definition) is 6. The summed E-state index contributed by atoms with van der Waals surface area (Å²) in [7, 11) is 0. The zero-order valence-electron chi connectivity index (χ0n) is 18.0. The van der Waals surface area contributed by atoms with Crippen molar-refractivity contribution in [1.29, 1.82) is 0 Å². The fraction of sp³-hybridized carbons (Fsp3) is 0.619. The average Bonchev–Trinajstić information content (AvgIpc) is 3.36. The summed E-state index contributed by atoms with van der Waals surface area (Å²) >= 11 is 3.53. The molecule has 8 heteroatoms. The largest absolute Gasteiger partial charge is 0.379 e. The maximum atomic E-state index is 5.48. The summed E-state index contributed by atoms with van der Waals surface area (Å²) in [5, 5.41) is 10.1. The van der Waals surface area contributed by atoms with Crippen LogP contribution in [0, 0.1) is 6.92 Å². The van der Waals surface area contributed by atoms with Crippen molar-refractivity contribution in [3.05, 3.63) is 27.4 Å². The summed E-state index contributed by atoms with van der Waals surface area (Å²) < 4.78 is 5.48. The van der Waals surface area contributed by atoms with Gasteiger partial charge in [0.2, 0.25) is 0 Å². The molecule has 0 radical (unpaired) electrons. The van der Waals surface area contributed by atoms with E-state index in [0.717, 1.165) is 69.0 Å². The van der Waals surface area contributed by atoms with E-state index in [-0.39, 0.29) is 5.54 Å². The maximum absolute atomic E-state index is 5.48. The van der Waals surface area contributed by atoms with Crippen molar-refractivity contribution in [2.24, 2.45) is 4.99 Å². The van der Waals surface area contributed by atoms with Crippen LogP contribution >= 0.6 is 22.7 Å². The van der Waals surface area contributed by atoms with Crippen molar-refractivity contribution in [2.45, 2.75) is 39.7 Å². The van der Waals surface area contributed by atoms with Gasteiger partial charge in [0.05, 0.1) is 35.3 Å². The van der Waals surface area contributed by atoms with E-state index in [1.165, 1.54) is 9.75 Å². The quantitative estimate of drug-likeness (QED) is 0.492. The normalized spacial score (nSPS) is 16.2. The van der Waals surface area contributed by atoms with Gasteiger partial charge in [0.1, 0.15) is 0 Å². The van der Waals surface area contributed by atoms with Gasteiger partial charge in [-0.3, -0.25) is 9.89 Å². The van der Waals surface area contributed by atoms with Gasteiger partial charge in [0.25, 0.3) is 0 Å². The van der Waals surface area contributed by atoms with Crippen LogP contribution in [0.5, 0.6) is 0 Å². The van der Waals surface area contributed by atoms with E-state index >= 15 is 0 Å². The smallest absolute Gasteiger partial charge is 0.191 e. The van der Waals surface area contributed by atoms with Crippen LogP contribution in [-0.2, 0) is 11.2 Å². The zero-order chi connectivity index (χ0) is 20.7. The first-order chi connectivity index (χ1) is 14.0. The molecule has 1 aliphatic rings. The Labute approximate surface area is 182 Å². The molecule has 3 heterocycles. The number of aromatic nitrogens is 1. The lowest BCUT2D eigenvalue weighted by Gasteiger charge is -2.39. The highest BCUT2D eigenvalue weighted by molar-refractivity contribution is 7.16. The fourth-order valence-corrected chi connectivity index (χ4v) is 4.97. The lowest BCUT2D eigenvalue weighted by atomic mass is 10.0. The zero-order valence-corrected chi connectivity index (χ0v) is 19.6. The molecule has 0 amide bonds. The molecule has 0 atom stereocenters. The van der Waals surface area contributed by atoms with Crippen molar-refractivity contribution >= 4 is 28.6 Å². The van der Waals surface area contributed by atoms with Crippen LogP contribution in [0.2, 0.25) is 0 Å². The molecule has 160 valence electrons. The van der Waals surface area contributed by atoms with E-state index in [0.29, 0.717) is 0 Å². The number of ether oxygens (including phenoxy) is 1. The number of thiophene rings is 1. The lowest BCUT2D eigenvalue weighted by molar-refractivity contribution is -0.00683. The predicted molar refractivity (Wildman–Crippen MR) is 124 cm³/mol. The van der Waals surface area contributed by atoms with Crippen molar-refractivity contribution in [2.75, 3.05) is 45.9 Å². The van der Waals surface area contributed by atoms with Crippen LogP contribution < -0.4 is 10.6 Å². The molecular formula is C21H33N5OS2. The number of morpholine rings is 1. The molecule has 0 aromatic carbocycles. The standard InChI is InChI=1S/C21H33N5OS2/c1-5-22-20(24-15-21(3,4)26-10-12-27-13-11-26)23-9-8-17-6-7-19(29-17)18-14-28-16(2)25-18/h6-7,14H,5,8-13,15H2,1-4H3,(H2,22,23,24). The van der Waals surface area contributed by atoms with E-state index in [2.05, 4.69) is 65.7 Å². The van der Waals surface area contributed by atoms with E-state index in [4.69, 9.17) is 9.73 Å². The van der Waals surface area contributed by atoms with Crippen LogP contribution in [0.25, 0.3) is 10.6 Å². The molecule has 6 nitrogen and oxygen atoms in total. The second-order valence-corrected chi connectivity index (χ2v) is 10.0. The minimum Gasteiger partial charge on any atom is -0.379 e. The van der Waals surface area contributed by atoms with E-state index < -0.39 is 0 Å². The molecule has 2 aromatic rings. The number of hydrogen-bond donors (Lipinski definition) is 2. The van der Waals surface area contributed by atoms with Crippen LogP contribution in [0.3, 0.4) is 0 Å². The van der Waals surface area contributed by atoms with Crippen LogP contribution in [-0.4, -0.2) is 67.3 Å². The molecule has 0 spiro atoms. The molecule has 2 N–H and O–H groups in total. The van der Waals surface area contributed by atoms with Gasteiger partial charge in [0, 0.05) is 42.0 Å². The first-order valence-electron chi connectivity index (χ1n) is 10.3. The van der Waals surface area contributed by atoms with Gasteiger partial charge in [-0.2, -0.15) is 0 Å². The number of guanidine groups is 1. The number of thiazole rings is 1. The van der Waals surface area contributed by atoms with Gasteiger partial charge >= 0.3 is 0 Å². The number of aryl methyl sites for hydroxylation is 1. The molecule has 0 aliphatic carbocycles. The average molecular weight is 436 g/mol. The van der Waals surface area contributed by atoms with Crippen LogP contribution in [0.15, 0.2) is 22.5 Å². The molecule has 0 unspecified atom stereocenters. The van der Waals surface area contributed by atoms with Gasteiger partial charge in [-0.1, -0.05) is 0 Å². The van der Waals surface area contributed by atoms with Crippen LogP contribution in [0.4, 0.5) is 0 Å². The summed E-state index contributed by atoms with van der Waals surface area (Å²) in [5.74, 6) is 0.890. The van der Waals surface area contributed by atoms with Gasteiger partial charge in [-0.25, -0.2) is 4.98 Å². The first kappa shape index (κ1) is 22.2. The third kappa shape index (κ3) is 6.50. The lowest BCUT2D eigenvalue weighted by Crippen LogP contribution is -2.52. The molecule has 1 saturated heterocycles. The third-order valence-electron chi connectivity index (χ3n) is 5.03. The Bertz CT molecular complexity index is 793. The second kappa shape index (κ2) is 10.5. The Morgan fingerprint density at radius 2 is 2.07 bits per heavy atom. The Hall–Kier alpha value is -1.48. The van der Waals surface area contributed by atoms with E-state index in [1.807, 2.05) is 11.3 Å². The third-order valence-corrected chi connectivity index (χ3v) is 6.97. The predicted octanol–water partition coefficient (Wildman–Crippen LogP) is 3.39. The Kier molecular flexibility index (Phi) is 8.06. The van der Waals surface area contributed by atoms with Crippen molar-refractivity contribution in [1.82, 2.24) is 20.5 Å². The van der Waals surface area contributed by atoms with E-state index in [1.54, 1.807) is 11.3 Å². The number of nitrogens with zero attached hydrogens (tertiary/aromatic N) is 3. The summed E-state index contributed by atoms with van der Waals surface area (Å²) in [6.45, 7) is 14.7. The molecule has 1 aliphatic heterocycles. The van der Waals surface area contributed by atoms with Gasteiger partial charge in [0.15, 0.2) is 5.96 Å². The Morgan fingerprint density at radius 3 is 2.76 bits per heavy atom. The van der Waals surface area contributed by atoms with Crippen molar-refractivity contribution in [3.8, 4) is 10.6 Å². The highest BCUT2D eigenvalue weighted by atomic mass is 32.1. The van der Waals surface area contributed by atoms with Gasteiger partial charge in [-0.05, 0) is 46.2 Å². The minimum atomic E-state index is 0.0282. The molecule has 29 heavy (non-hydrogen) atoms.